The van der Waals surface area contributed by atoms with Gasteiger partial charge in [0, 0.05) is 15.8 Å². The van der Waals surface area contributed by atoms with E-state index < -0.39 is 17.6 Å². The first-order chi connectivity index (χ1) is 12.6. The van der Waals surface area contributed by atoms with Crippen molar-refractivity contribution in [3.63, 3.8) is 0 Å². The van der Waals surface area contributed by atoms with Gasteiger partial charge in [-0.2, -0.15) is 0 Å². The molecule has 0 amide bonds. The highest BCUT2D eigenvalue weighted by atomic mass is 35.5. The van der Waals surface area contributed by atoms with Crippen molar-refractivity contribution < 1.29 is 19.1 Å². The largest absolute Gasteiger partial charge is 0.469 e. The van der Waals surface area contributed by atoms with Gasteiger partial charge in [0.05, 0.1) is 24.1 Å². The van der Waals surface area contributed by atoms with E-state index in [2.05, 4.69) is 0 Å². The van der Waals surface area contributed by atoms with Gasteiger partial charge in [0.15, 0.2) is 0 Å². The number of fused-ring (bicyclic) bond motifs is 3. The number of aromatic nitrogens is 1. The van der Waals surface area contributed by atoms with E-state index in [-0.39, 0.29) is 5.97 Å². The SMILES string of the molecule is COC(=O)C(C)c1ccc2c3cc(Cl)ccc3n(C(=O)OC(C)(C)C)c2c1. The van der Waals surface area contributed by atoms with E-state index >= 15 is 0 Å². The highest BCUT2D eigenvalue weighted by molar-refractivity contribution is 6.32. The van der Waals surface area contributed by atoms with Crippen molar-refractivity contribution in [2.45, 2.75) is 39.2 Å². The molecule has 6 heteroatoms. The van der Waals surface area contributed by atoms with Crippen LogP contribution in [0.5, 0.6) is 0 Å². The Morgan fingerprint density at radius 2 is 1.74 bits per heavy atom. The molecule has 1 unspecified atom stereocenters. The van der Waals surface area contributed by atoms with E-state index in [9.17, 15) is 9.59 Å². The molecule has 0 saturated carbocycles. The second-order valence-electron chi connectivity index (χ2n) is 7.50. The average Bonchev–Trinajstić information content (AvgIpc) is 2.91. The van der Waals surface area contributed by atoms with Gasteiger partial charge in [-0.05, 0) is 57.5 Å². The fourth-order valence-electron chi connectivity index (χ4n) is 3.10. The van der Waals surface area contributed by atoms with Crippen LogP contribution in [-0.4, -0.2) is 29.3 Å². The lowest BCUT2D eigenvalue weighted by atomic mass is 9.99. The predicted octanol–water partition coefficient (Wildman–Crippen LogP) is 5.51. The third-order valence-electron chi connectivity index (χ3n) is 4.38. The second-order valence-corrected chi connectivity index (χ2v) is 7.94. The maximum absolute atomic E-state index is 12.9. The fraction of sp³-hybridized carbons (Fsp3) is 0.333. The maximum Gasteiger partial charge on any atom is 0.419 e. The first kappa shape index (κ1) is 19.2. The number of carbonyl (C=O) groups is 2. The lowest BCUT2D eigenvalue weighted by molar-refractivity contribution is -0.141. The first-order valence-corrected chi connectivity index (χ1v) is 9.05. The number of hydrogen-bond acceptors (Lipinski definition) is 4. The third-order valence-corrected chi connectivity index (χ3v) is 4.62. The molecule has 0 saturated heterocycles. The number of ether oxygens (including phenoxy) is 2. The summed E-state index contributed by atoms with van der Waals surface area (Å²) in [5.74, 6) is -0.787. The van der Waals surface area contributed by atoms with E-state index in [0.717, 1.165) is 16.3 Å². The smallest absolute Gasteiger partial charge is 0.419 e. The minimum absolute atomic E-state index is 0.336. The van der Waals surface area contributed by atoms with Crippen LogP contribution in [0.4, 0.5) is 4.79 Å². The number of carbonyl (C=O) groups excluding carboxylic acids is 2. The molecule has 3 rings (SSSR count). The Bertz CT molecular complexity index is 1050. The molecule has 0 fully saturated rings. The van der Waals surface area contributed by atoms with E-state index in [0.29, 0.717) is 16.1 Å². The minimum atomic E-state index is -0.636. The number of esters is 1. The van der Waals surface area contributed by atoms with Crippen LogP contribution in [0.15, 0.2) is 36.4 Å². The van der Waals surface area contributed by atoms with Gasteiger partial charge < -0.3 is 9.47 Å². The lowest BCUT2D eigenvalue weighted by Crippen LogP contribution is -2.27. The number of rotatable bonds is 2. The van der Waals surface area contributed by atoms with Gasteiger partial charge in [0.2, 0.25) is 0 Å². The Balaban J connectivity index is 2.28. The summed E-state index contributed by atoms with van der Waals surface area (Å²) in [6, 6.07) is 10.9. The van der Waals surface area contributed by atoms with Gasteiger partial charge in [0.1, 0.15) is 5.60 Å². The van der Waals surface area contributed by atoms with Crippen LogP contribution in [0, 0.1) is 0 Å². The van der Waals surface area contributed by atoms with Crippen molar-refractivity contribution in [3.05, 3.63) is 47.0 Å². The van der Waals surface area contributed by atoms with Crippen molar-refractivity contribution in [1.29, 1.82) is 0 Å². The second kappa shape index (κ2) is 6.89. The molecular weight excluding hydrogens is 366 g/mol. The zero-order valence-electron chi connectivity index (χ0n) is 16.0. The van der Waals surface area contributed by atoms with Gasteiger partial charge in [-0.25, -0.2) is 9.36 Å². The van der Waals surface area contributed by atoms with Crippen LogP contribution in [0.25, 0.3) is 21.8 Å². The molecule has 142 valence electrons. The topological polar surface area (TPSA) is 57.5 Å². The monoisotopic (exact) mass is 387 g/mol. The van der Waals surface area contributed by atoms with E-state index in [4.69, 9.17) is 21.1 Å². The van der Waals surface area contributed by atoms with Gasteiger partial charge in [0.25, 0.3) is 0 Å². The van der Waals surface area contributed by atoms with Crippen molar-refractivity contribution in [2.24, 2.45) is 0 Å². The molecule has 27 heavy (non-hydrogen) atoms. The Labute approximate surface area is 162 Å². The van der Waals surface area contributed by atoms with Crippen molar-refractivity contribution in [2.75, 3.05) is 7.11 Å². The molecule has 1 atom stereocenters. The summed E-state index contributed by atoms with van der Waals surface area (Å²) in [6.07, 6.45) is -0.479. The molecule has 3 aromatic rings. The summed E-state index contributed by atoms with van der Waals surface area (Å²) in [6.45, 7) is 7.23. The lowest BCUT2D eigenvalue weighted by Gasteiger charge is -2.20. The molecule has 0 bridgehead atoms. The molecule has 0 spiro atoms. The normalized spacial score (nSPS) is 13.0. The number of benzene rings is 2. The summed E-state index contributed by atoms with van der Waals surface area (Å²) in [5, 5.41) is 2.29. The van der Waals surface area contributed by atoms with E-state index in [1.165, 1.54) is 11.7 Å². The molecule has 0 N–H and O–H groups in total. The van der Waals surface area contributed by atoms with Crippen LogP contribution in [0.2, 0.25) is 5.02 Å². The highest BCUT2D eigenvalue weighted by Crippen LogP contribution is 2.33. The Morgan fingerprint density at radius 3 is 2.37 bits per heavy atom. The molecule has 1 aromatic heterocycles. The quantitative estimate of drug-likeness (QED) is 0.544. The van der Waals surface area contributed by atoms with Gasteiger partial charge in [-0.15, -0.1) is 0 Å². The van der Waals surface area contributed by atoms with Gasteiger partial charge in [-0.3, -0.25) is 4.79 Å². The van der Waals surface area contributed by atoms with Crippen LogP contribution < -0.4 is 0 Å². The molecule has 0 aliphatic rings. The zero-order valence-corrected chi connectivity index (χ0v) is 16.8. The number of methoxy groups -OCH3 is 1. The van der Waals surface area contributed by atoms with Crippen molar-refractivity contribution in [3.8, 4) is 0 Å². The standard InChI is InChI=1S/C21H22ClNO4/c1-12(19(24)26-5)13-6-8-15-16-11-14(22)7-9-17(16)23(18(15)10-13)20(25)27-21(2,3)4/h6-12H,1-5H3. The van der Waals surface area contributed by atoms with Crippen LogP contribution in [0.1, 0.15) is 39.2 Å². The van der Waals surface area contributed by atoms with Crippen molar-refractivity contribution in [1.82, 2.24) is 4.57 Å². The number of halogens is 1. The Hall–Kier alpha value is -2.53. The van der Waals surface area contributed by atoms with Crippen LogP contribution in [-0.2, 0) is 14.3 Å². The summed E-state index contributed by atoms with van der Waals surface area (Å²) in [4.78, 5) is 24.9. The predicted molar refractivity (Wildman–Crippen MR) is 107 cm³/mol. The number of hydrogen-bond donors (Lipinski definition) is 0. The molecule has 1 heterocycles. The Kier molecular flexibility index (Phi) is 4.91. The molecule has 0 radical (unpaired) electrons. The summed E-state index contributed by atoms with van der Waals surface area (Å²) in [7, 11) is 1.36. The molecule has 5 nitrogen and oxygen atoms in total. The van der Waals surface area contributed by atoms with Crippen LogP contribution in [0.3, 0.4) is 0 Å². The molecular formula is C21H22ClNO4. The molecule has 0 aliphatic carbocycles. The summed E-state index contributed by atoms with van der Waals surface area (Å²) >= 11 is 6.17. The first-order valence-electron chi connectivity index (χ1n) is 8.67. The Morgan fingerprint density at radius 1 is 1.04 bits per heavy atom. The molecule has 0 aliphatic heterocycles. The summed E-state index contributed by atoms with van der Waals surface area (Å²) < 4.78 is 12.0. The van der Waals surface area contributed by atoms with Crippen LogP contribution >= 0.6 is 11.6 Å². The third kappa shape index (κ3) is 3.65. The number of nitrogens with zero attached hydrogens (tertiary/aromatic N) is 1. The maximum atomic E-state index is 12.9. The molecule has 2 aromatic carbocycles. The summed E-state index contributed by atoms with van der Waals surface area (Å²) in [5.41, 5.74) is 1.48. The van der Waals surface area contributed by atoms with Crippen molar-refractivity contribution >= 4 is 45.5 Å². The zero-order chi connectivity index (χ0) is 19.9. The van der Waals surface area contributed by atoms with Gasteiger partial charge in [-0.1, -0.05) is 23.7 Å². The van der Waals surface area contributed by atoms with E-state index in [1.54, 1.807) is 19.1 Å². The average molecular weight is 388 g/mol. The van der Waals surface area contributed by atoms with Gasteiger partial charge >= 0.3 is 12.1 Å². The van der Waals surface area contributed by atoms with E-state index in [1.807, 2.05) is 45.0 Å². The fourth-order valence-corrected chi connectivity index (χ4v) is 3.27. The minimum Gasteiger partial charge on any atom is -0.469 e. The highest BCUT2D eigenvalue weighted by Gasteiger charge is 2.24.